The summed E-state index contributed by atoms with van der Waals surface area (Å²) in [5.74, 6) is -3.17. The number of fused-ring (bicyclic) bond motifs is 2. The number of aromatic amines is 1. The van der Waals surface area contributed by atoms with Crippen LogP contribution < -0.4 is 21.1 Å². The molecule has 2 amide bonds. The number of halogens is 2. The minimum Gasteiger partial charge on any atom is -0.377 e. The summed E-state index contributed by atoms with van der Waals surface area (Å²) >= 11 is 0. The summed E-state index contributed by atoms with van der Waals surface area (Å²) in [6, 6.07) is 3.72. The second-order valence-electron chi connectivity index (χ2n) is 15.6. The largest absolute Gasteiger partial charge is 0.377 e. The van der Waals surface area contributed by atoms with Gasteiger partial charge in [-0.3, -0.25) is 14.4 Å². The van der Waals surface area contributed by atoms with Crippen molar-refractivity contribution in [2.75, 3.05) is 110 Å². The van der Waals surface area contributed by atoms with Gasteiger partial charge < -0.3 is 53.5 Å². The van der Waals surface area contributed by atoms with Gasteiger partial charge in [0.1, 0.15) is 11.3 Å². The van der Waals surface area contributed by atoms with Gasteiger partial charge in [0, 0.05) is 84.8 Å². The van der Waals surface area contributed by atoms with Crippen LogP contribution >= 0.6 is 0 Å². The lowest BCUT2D eigenvalue weighted by Crippen LogP contribution is -2.29. The molecule has 5 rings (SSSR count). The third-order valence-electron chi connectivity index (χ3n) is 10.4. The standard InChI is InChI=1S/C44H59F2N9O11S/c1-54-29-36-35-23-31(30-67(2,59)60)34(25-38(35)55(42-37(46)24-33(45)27-51-42)28-32-26-50-41(40(32)36)44(54)58)43(57)49-10-12-62-14-16-64-18-20-66-22-21-65-19-17-63-15-13-61-11-9-48-39(56)7-5-3-4-6-8-52-53-47/h23-27,29,50H,3-22,28,30H2,1-2H3,(H,48,56)(H,49,57). The summed E-state index contributed by atoms with van der Waals surface area (Å²) < 4.78 is 89.3. The zero-order valence-corrected chi connectivity index (χ0v) is 38.7. The Morgan fingerprint density at radius 2 is 1.45 bits per heavy atom. The number of carbonyl (C=O) groups is 2. The normalized spacial score (nSPS) is 12.2. The van der Waals surface area contributed by atoms with Gasteiger partial charge in [-0.15, -0.1) is 0 Å². The number of pyridine rings is 2. The summed E-state index contributed by atoms with van der Waals surface area (Å²) in [6.45, 7) is 5.11. The van der Waals surface area contributed by atoms with Crippen LogP contribution in [0.4, 0.5) is 20.3 Å². The molecule has 0 unspecified atom stereocenters. The Bertz CT molecular complexity index is 2480. The smallest absolute Gasteiger partial charge is 0.274 e. The first kappa shape index (κ1) is 52.4. The molecule has 0 atom stereocenters. The quantitative estimate of drug-likeness (QED) is 0.0262. The summed E-state index contributed by atoms with van der Waals surface area (Å²) in [7, 11) is -2.10. The molecule has 0 fully saturated rings. The number of amides is 2. The highest BCUT2D eigenvalue weighted by Gasteiger charge is 2.30. The average Bonchev–Trinajstić information content (AvgIpc) is 3.66. The number of azide groups is 1. The van der Waals surface area contributed by atoms with E-state index in [9.17, 15) is 27.2 Å². The van der Waals surface area contributed by atoms with Gasteiger partial charge in [0.05, 0.1) is 103 Å². The fourth-order valence-electron chi connectivity index (χ4n) is 7.25. The van der Waals surface area contributed by atoms with Gasteiger partial charge in [0.2, 0.25) is 5.91 Å². The highest BCUT2D eigenvalue weighted by molar-refractivity contribution is 7.89. The number of aryl methyl sites for hydroxylation is 1. The number of rotatable bonds is 32. The number of carbonyl (C=O) groups excluding carboxylic acids is 2. The van der Waals surface area contributed by atoms with Gasteiger partial charge in [0.25, 0.3) is 11.5 Å². The van der Waals surface area contributed by atoms with Crippen molar-refractivity contribution in [1.29, 1.82) is 0 Å². The molecule has 23 heteroatoms. The number of sulfone groups is 1. The van der Waals surface area contributed by atoms with E-state index in [1.807, 2.05) is 0 Å². The Balaban J connectivity index is 0.959. The number of ether oxygens (including phenoxy) is 6. The minimum atomic E-state index is -3.67. The van der Waals surface area contributed by atoms with Crippen LogP contribution in [0.2, 0.25) is 0 Å². The van der Waals surface area contributed by atoms with Crippen molar-refractivity contribution < 1.29 is 55.2 Å². The van der Waals surface area contributed by atoms with Crippen LogP contribution in [0.3, 0.4) is 0 Å². The maximum absolute atomic E-state index is 15.4. The van der Waals surface area contributed by atoms with E-state index < -0.39 is 33.1 Å². The Morgan fingerprint density at radius 3 is 2.04 bits per heavy atom. The molecule has 3 N–H and O–H groups in total. The van der Waals surface area contributed by atoms with E-state index in [1.165, 1.54) is 15.5 Å². The summed E-state index contributed by atoms with van der Waals surface area (Å²) in [4.78, 5) is 49.9. The second kappa shape index (κ2) is 27.3. The first-order chi connectivity index (χ1) is 32.4. The van der Waals surface area contributed by atoms with Gasteiger partial charge in [-0.25, -0.2) is 22.2 Å². The Labute approximate surface area is 387 Å². The van der Waals surface area contributed by atoms with Gasteiger partial charge in [-0.2, -0.15) is 0 Å². The van der Waals surface area contributed by atoms with E-state index in [1.54, 1.807) is 25.5 Å². The summed E-state index contributed by atoms with van der Waals surface area (Å²) in [6.07, 6.45) is 9.09. The molecule has 1 aliphatic rings. The van der Waals surface area contributed by atoms with Crippen LogP contribution in [0, 0.1) is 11.6 Å². The van der Waals surface area contributed by atoms with Crippen LogP contribution in [0.1, 0.15) is 53.6 Å². The Kier molecular flexibility index (Phi) is 21.4. The molecule has 1 aromatic carbocycles. The van der Waals surface area contributed by atoms with Gasteiger partial charge in [-0.05, 0) is 41.6 Å². The molecule has 3 aromatic heterocycles. The van der Waals surface area contributed by atoms with E-state index in [4.69, 9.17) is 34.0 Å². The molecule has 0 aliphatic carbocycles. The third-order valence-corrected chi connectivity index (χ3v) is 11.2. The number of nitrogens with one attached hydrogen (secondary N) is 3. The predicted octanol–water partition coefficient (Wildman–Crippen LogP) is 4.61. The van der Waals surface area contributed by atoms with Crippen molar-refractivity contribution in [2.24, 2.45) is 12.2 Å². The number of hydrogen-bond donors (Lipinski definition) is 3. The molecule has 0 radical (unpaired) electrons. The lowest BCUT2D eigenvalue weighted by molar-refractivity contribution is -0.121. The third kappa shape index (κ3) is 16.6. The van der Waals surface area contributed by atoms with Crippen molar-refractivity contribution in [3.63, 3.8) is 0 Å². The highest BCUT2D eigenvalue weighted by Crippen LogP contribution is 2.45. The first-order valence-corrected chi connectivity index (χ1v) is 24.1. The topological polar surface area (TPSA) is 250 Å². The van der Waals surface area contributed by atoms with Crippen LogP contribution in [0.25, 0.3) is 32.5 Å². The van der Waals surface area contributed by atoms with E-state index in [0.717, 1.165) is 38.1 Å². The molecule has 4 aromatic rings. The number of nitrogens with zero attached hydrogens (tertiary/aromatic N) is 6. The number of anilines is 2. The molecule has 366 valence electrons. The number of aromatic nitrogens is 3. The number of unbranched alkanes of at least 4 members (excludes halogenated alkanes) is 3. The lowest BCUT2D eigenvalue weighted by Gasteiger charge is -2.26. The molecule has 0 saturated carbocycles. The molecule has 1 aliphatic heterocycles. The van der Waals surface area contributed by atoms with Gasteiger partial charge >= 0.3 is 0 Å². The second-order valence-corrected chi connectivity index (χ2v) is 17.7. The number of hydrogen-bond acceptors (Lipinski definition) is 14. The summed E-state index contributed by atoms with van der Waals surface area (Å²) in [5, 5.41) is 9.63. The fourth-order valence-corrected chi connectivity index (χ4v) is 8.05. The van der Waals surface area contributed by atoms with Crippen molar-refractivity contribution in [2.45, 2.75) is 44.4 Å². The van der Waals surface area contributed by atoms with Crippen LogP contribution in [-0.2, 0) is 62.4 Å². The number of benzene rings is 1. The molecule has 4 heterocycles. The monoisotopic (exact) mass is 959 g/mol. The molecule has 20 nitrogen and oxygen atoms in total. The van der Waals surface area contributed by atoms with Gasteiger partial charge in [-0.1, -0.05) is 18.0 Å². The Morgan fingerprint density at radius 1 is 0.851 bits per heavy atom. The van der Waals surface area contributed by atoms with E-state index in [-0.39, 0.29) is 61.3 Å². The van der Waals surface area contributed by atoms with E-state index >= 15 is 4.39 Å². The first-order valence-electron chi connectivity index (χ1n) is 22.0. The minimum absolute atomic E-state index is 0.00668. The average molecular weight is 960 g/mol. The summed E-state index contributed by atoms with van der Waals surface area (Å²) in [5.41, 5.74) is 10.3. The van der Waals surface area contributed by atoms with Crippen molar-refractivity contribution in [1.82, 2.24) is 25.2 Å². The Hall–Kier alpha value is -5.52. The van der Waals surface area contributed by atoms with Crippen molar-refractivity contribution in [3.8, 4) is 11.1 Å². The molecular weight excluding hydrogens is 901 g/mol. The van der Waals surface area contributed by atoms with Crippen LogP contribution in [-0.4, -0.2) is 140 Å². The van der Waals surface area contributed by atoms with Crippen molar-refractivity contribution >= 4 is 44.1 Å². The predicted molar refractivity (Wildman–Crippen MR) is 245 cm³/mol. The molecule has 0 saturated heterocycles. The lowest BCUT2D eigenvalue weighted by atomic mass is 9.96. The maximum atomic E-state index is 15.4. The fraction of sp³-hybridized carbons (Fsp3) is 0.545. The molecule has 67 heavy (non-hydrogen) atoms. The van der Waals surface area contributed by atoms with Crippen LogP contribution in [0.15, 0.2) is 46.7 Å². The molecule has 0 spiro atoms. The van der Waals surface area contributed by atoms with Gasteiger partial charge in [0.15, 0.2) is 21.5 Å². The number of H-pyrrole nitrogens is 1. The van der Waals surface area contributed by atoms with E-state index in [2.05, 4.69) is 30.6 Å². The zero-order chi connectivity index (χ0) is 48.0. The van der Waals surface area contributed by atoms with E-state index in [0.29, 0.717) is 118 Å². The maximum Gasteiger partial charge on any atom is 0.274 e. The molecular formula is C44H59F2N9O11S. The highest BCUT2D eigenvalue weighted by atomic mass is 32.2. The van der Waals surface area contributed by atoms with Crippen LogP contribution in [0.5, 0.6) is 0 Å². The van der Waals surface area contributed by atoms with Crippen molar-refractivity contribution in [3.05, 3.63) is 85.9 Å². The SMILES string of the molecule is Cn1cc2c3c(c[nH]c3c1=O)CN(c1ncc(F)cc1F)c1cc(C(=O)NCCOCCOCCOCCOCCOCCOCCNC(=O)CCCCCCN=[N+]=[N-])c(CS(C)(=O)=O)cc1-2. The molecule has 0 bridgehead atoms. The zero-order valence-electron chi connectivity index (χ0n) is 37.9.